The molecule has 1 aromatic rings. The first-order chi connectivity index (χ1) is 15.6. The molecule has 186 valence electrons. The standard InChI is InChI=1S/C20H30N2O11/c1-8(24)22-13-16(27)15(26)12(33-19(13)31-10-4-2-9(21)3-5-10)7-30-20-18(29)17(28)14(25)11(6-23)32-20/h2-5,11-20,23,25-29H,6-7,21H2,1H3,(H,22,24)/t11-,12-,13-,14+,15+,16-,17+,18-,19+,20-/m1/s1. The van der Waals surface area contributed by atoms with Gasteiger partial charge in [-0.25, -0.2) is 0 Å². The van der Waals surface area contributed by atoms with Crippen LogP contribution in [0, 0.1) is 0 Å². The number of benzene rings is 1. The monoisotopic (exact) mass is 474 g/mol. The van der Waals surface area contributed by atoms with Crippen molar-refractivity contribution < 1.29 is 54.4 Å². The van der Waals surface area contributed by atoms with Crippen LogP contribution in [-0.4, -0.2) is 111 Å². The van der Waals surface area contributed by atoms with Gasteiger partial charge in [0.2, 0.25) is 12.2 Å². The van der Waals surface area contributed by atoms with Gasteiger partial charge in [-0.15, -0.1) is 0 Å². The lowest BCUT2D eigenvalue weighted by molar-refractivity contribution is -0.316. The number of nitrogens with two attached hydrogens (primary N) is 1. The van der Waals surface area contributed by atoms with E-state index in [1.807, 2.05) is 0 Å². The Kier molecular flexibility index (Phi) is 8.44. The Morgan fingerprint density at radius 3 is 2.15 bits per heavy atom. The maximum Gasteiger partial charge on any atom is 0.223 e. The molecule has 2 fully saturated rings. The molecule has 0 radical (unpaired) electrons. The summed E-state index contributed by atoms with van der Waals surface area (Å²) in [7, 11) is 0. The van der Waals surface area contributed by atoms with Crippen molar-refractivity contribution in [3.63, 3.8) is 0 Å². The molecule has 0 aromatic heterocycles. The molecule has 0 bridgehead atoms. The minimum absolute atomic E-state index is 0.321. The fourth-order valence-corrected chi connectivity index (χ4v) is 3.63. The van der Waals surface area contributed by atoms with Crippen LogP contribution in [0.15, 0.2) is 24.3 Å². The number of aliphatic hydroxyl groups is 6. The Morgan fingerprint density at radius 1 is 0.939 bits per heavy atom. The summed E-state index contributed by atoms with van der Waals surface area (Å²) < 4.78 is 22.2. The van der Waals surface area contributed by atoms with Gasteiger partial charge in [0.05, 0.1) is 13.2 Å². The van der Waals surface area contributed by atoms with Gasteiger partial charge in [-0.2, -0.15) is 0 Å². The van der Waals surface area contributed by atoms with Crippen molar-refractivity contribution in [3.8, 4) is 5.75 Å². The molecule has 0 saturated carbocycles. The van der Waals surface area contributed by atoms with E-state index in [4.69, 9.17) is 24.7 Å². The Balaban J connectivity index is 1.71. The molecule has 1 amide bonds. The van der Waals surface area contributed by atoms with E-state index in [1.54, 1.807) is 24.3 Å². The molecule has 2 aliphatic heterocycles. The van der Waals surface area contributed by atoms with Gasteiger partial charge in [0, 0.05) is 12.6 Å². The fraction of sp³-hybridized carbons (Fsp3) is 0.650. The van der Waals surface area contributed by atoms with Crippen LogP contribution in [0.4, 0.5) is 5.69 Å². The van der Waals surface area contributed by atoms with Crippen LogP contribution >= 0.6 is 0 Å². The summed E-state index contributed by atoms with van der Waals surface area (Å²) >= 11 is 0. The Bertz CT molecular complexity index is 780. The van der Waals surface area contributed by atoms with Gasteiger partial charge in [0.1, 0.15) is 54.5 Å². The third-order valence-corrected chi connectivity index (χ3v) is 5.48. The van der Waals surface area contributed by atoms with Crippen molar-refractivity contribution in [1.82, 2.24) is 5.32 Å². The topological polar surface area (TPSA) is 213 Å². The predicted octanol–water partition coefficient (Wildman–Crippen LogP) is -3.58. The number of ether oxygens (including phenoxy) is 4. The predicted molar refractivity (Wildman–Crippen MR) is 109 cm³/mol. The minimum atomic E-state index is -1.65. The van der Waals surface area contributed by atoms with Gasteiger partial charge in [0.15, 0.2) is 6.29 Å². The molecule has 33 heavy (non-hydrogen) atoms. The molecular weight excluding hydrogens is 444 g/mol. The van der Waals surface area contributed by atoms with E-state index in [0.29, 0.717) is 11.4 Å². The van der Waals surface area contributed by atoms with Crippen molar-refractivity contribution in [1.29, 1.82) is 0 Å². The summed E-state index contributed by atoms with van der Waals surface area (Å²) in [6.07, 6.45) is -13.0. The zero-order valence-electron chi connectivity index (χ0n) is 17.8. The van der Waals surface area contributed by atoms with Crippen molar-refractivity contribution >= 4 is 11.6 Å². The molecule has 0 unspecified atom stereocenters. The normalized spacial score (nSPS) is 39.1. The lowest BCUT2D eigenvalue weighted by Crippen LogP contribution is -2.66. The number of hydrogen-bond acceptors (Lipinski definition) is 12. The van der Waals surface area contributed by atoms with Crippen molar-refractivity contribution in [3.05, 3.63) is 24.3 Å². The molecular formula is C20H30N2O11. The quantitative estimate of drug-likeness (QED) is 0.180. The zero-order valence-corrected chi connectivity index (χ0v) is 17.8. The van der Waals surface area contributed by atoms with Crippen LogP contribution in [-0.2, 0) is 19.0 Å². The van der Waals surface area contributed by atoms with E-state index in [-0.39, 0.29) is 0 Å². The number of carbonyl (C=O) groups excluding carboxylic acids is 1. The summed E-state index contributed by atoms with van der Waals surface area (Å²) in [5, 5.41) is 62.7. The highest BCUT2D eigenvalue weighted by atomic mass is 16.7. The Hall–Kier alpha value is -2.07. The second kappa shape index (κ2) is 10.9. The number of nitrogens with one attached hydrogen (secondary N) is 1. The summed E-state index contributed by atoms with van der Waals surface area (Å²) in [6.45, 7) is 0.158. The van der Waals surface area contributed by atoms with Gasteiger partial charge in [0.25, 0.3) is 0 Å². The zero-order chi connectivity index (χ0) is 24.3. The molecule has 2 saturated heterocycles. The minimum Gasteiger partial charge on any atom is -0.463 e. The molecule has 1 aromatic carbocycles. The van der Waals surface area contributed by atoms with E-state index >= 15 is 0 Å². The van der Waals surface area contributed by atoms with Gasteiger partial charge < -0.3 is 60.6 Å². The summed E-state index contributed by atoms with van der Waals surface area (Å²) in [6, 6.07) is 5.15. The first-order valence-corrected chi connectivity index (χ1v) is 10.4. The van der Waals surface area contributed by atoms with Gasteiger partial charge in [-0.05, 0) is 24.3 Å². The Labute approximate surface area is 189 Å². The number of amides is 1. The molecule has 10 atom stereocenters. The Morgan fingerprint density at radius 2 is 1.55 bits per heavy atom. The summed E-state index contributed by atoms with van der Waals surface area (Å²) in [5.41, 5.74) is 6.15. The van der Waals surface area contributed by atoms with Crippen LogP contribution < -0.4 is 15.8 Å². The van der Waals surface area contributed by atoms with Gasteiger partial charge >= 0.3 is 0 Å². The SMILES string of the molecule is CC(=O)N[C@H]1[C@@H](Oc2ccc(N)cc2)O[C@H](CO[C@@H]2O[C@H](CO)[C@H](O)[C@H](O)[C@H]2O)[C@H](O)[C@@H]1O. The van der Waals surface area contributed by atoms with E-state index in [1.165, 1.54) is 6.92 Å². The first kappa shape index (κ1) is 25.6. The van der Waals surface area contributed by atoms with E-state index < -0.39 is 80.5 Å². The van der Waals surface area contributed by atoms with Crippen LogP contribution in [0.1, 0.15) is 6.92 Å². The van der Waals surface area contributed by atoms with Crippen LogP contribution in [0.5, 0.6) is 5.75 Å². The molecule has 13 nitrogen and oxygen atoms in total. The van der Waals surface area contributed by atoms with Crippen LogP contribution in [0.3, 0.4) is 0 Å². The average molecular weight is 474 g/mol. The van der Waals surface area contributed by atoms with Crippen LogP contribution in [0.25, 0.3) is 0 Å². The highest BCUT2D eigenvalue weighted by Crippen LogP contribution is 2.27. The third-order valence-electron chi connectivity index (χ3n) is 5.48. The summed E-state index contributed by atoms with van der Waals surface area (Å²) in [5.74, 6) is -0.168. The maximum atomic E-state index is 11.6. The molecule has 2 heterocycles. The summed E-state index contributed by atoms with van der Waals surface area (Å²) in [4.78, 5) is 11.6. The van der Waals surface area contributed by atoms with E-state index in [9.17, 15) is 35.4 Å². The maximum absolute atomic E-state index is 11.6. The molecule has 0 aliphatic carbocycles. The second-order valence-corrected chi connectivity index (χ2v) is 7.97. The largest absolute Gasteiger partial charge is 0.463 e. The smallest absolute Gasteiger partial charge is 0.223 e. The van der Waals surface area contributed by atoms with E-state index in [2.05, 4.69) is 5.32 Å². The van der Waals surface area contributed by atoms with Gasteiger partial charge in [-0.1, -0.05) is 0 Å². The molecule has 9 N–H and O–H groups in total. The van der Waals surface area contributed by atoms with E-state index in [0.717, 1.165) is 0 Å². The lowest BCUT2D eigenvalue weighted by Gasteiger charge is -2.44. The van der Waals surface area contributed by atoms with Crippen molar-refractivity contribution in [2.75, 3.05) is 18.9 Å². The third kappa shape index (κ3) is 5.90. The van der Waals surface area contributed by atoms with Crippen molar-refractivity contribution in [2.24, 2.45) is 0 Å². The van der Waals surface area contributed by atoms with Crippen molar-refractivity contribution in [2.45, 2.75) is 68.3 Å². The number of carbonyl (C=O) groups is 1. The highest BCUT2D eigenvalue weighted by Gasteiger charge is 2.48. The molecule has 13 heteroatoms. The number of hydrogen-bond donors (Lipinski definition) is 8. The number of rotatable bonds is 7. The molecule has 0 spiro atoms. The first-order valence-electron chi connectivity index (χ1n) is 10.4. The lowest BCUT2D eigenvalue weighted by atomic mass is 9.96. The fourth-order valence-electron chi connectivity index (χ4n) is 3.63. The second-order valence-electron chi connectivity index (χ2n) is 7.97. The number of nitrogen functional groups attached to an aromatic ring is 1. The number of anilines is 1. The van der Waals surface area contributed by atoms with Gasteiger partial charge in [-0.3, -0.25) is 4.79 Å². The number of aliphatic hydroxyl groups excluding tert-OH is 6. The highest BCUT2D eigenvalue weighted by molar-refractivity contribution is 5.73. The molecule has 3 rings (SSSR count). The average Bonchev–Trinajstić information content (AvgIpc) is 2.78. The molecule has 2 aliphatic rings. The van der Waals surface area contributed by atoms with Crippen LogP contribution in [0.2, 0.25) is 0 Å².